The van der Waals surface area contributed by atoms with Crippen LogP contribution < -0.4 is 5.32 Å². The minimum absolute atomic E-state index is 0.288. The van der Waals surface area contributed by atoms with Crippen LogP contribution in [0.1, 0.15) is 5.82 Å². The molecule has 0 aliphatic rings. The van der Waals surface area contributed by atoms with Crippen molar-refractivity contribution in [3.05, 3.63) is 36.2 Å². The predicted molar refractivity (Wildman–Crippen MR) is 62.5 cm³/mol. The van der Waals surface area contributed by atoms with E-state index in [1.54, 1.807) is 6.07 Å². The number of benzene rings is 1. The fourth-order valence-corrected chi connectivity index (χ4v) is 1.66. The first kappa shape index (κ1) is 10.7. The molecule has 2 N–H and O–H groups in total. The van der Waals surface area contributed by atoms with Crippen molar-refractivity contribution in [3.8, 4) is 0 Å². The predicted octanol–water partition coefficient (Wildman–Crippen LogP) is 1.74. The third kappa shape index (κ3) is 2.15. The highest BCUT2D eigenvalue weighted by Gasteiger charge is 2.04. The van der Waals surface area contributed by atoms with Crippen molar-refractivity contribution in [2.45, 2.75) is 6.42 Å². The van der Waals surface area contributed by atoms with Crippen LogP contribution in [0.25, 0.3) is 11.0 Å². The molecular weight excluding hydrogens is 237 g/mol. The molecular formula is C11H10FN5O. The van der Waals surface area contributed by atoms with Gasteiger partial charge in [0.2, 0.25) is 12.3 Å². The summed E-state index contributed by atoms with van der Waals surface area (Å²) >= 11 is 0. The van der Waals surface area contributed by atoms with E-state index in [0.29, 0.717) is 30.3 Å². The molecule has 0 bridgehead atoms. The maximum atomic E-state index is 13.0. The molecule has 3 rings (SSSR count). The third-order valence-electron chi connectivity index (χ3n) is 2.49. The maximum Gasteiger partial charge on any atom is 0.213 e. The number of hydrogen-bond donors (Lipinski definition) is 2. The summed E-state index contributed by atoms with van der Waals surface area (Å²) in [5.74, 6) is 0.938. The fraction of sp³-hybridized carbons (Fsp3) is 0.182. The quantitative estimate of drug-likeness (QED) is 0.734. The molecule has 0 amide bonds. The second-order valence-corrected chi connectivity index (χ2v) is 3.77. The second kappa shape index (κ2) is 4.44. The smallest absolute Gasteiger partial charge is 0.213 e. The molecule has 2 aromatic heterocycles. The van der Waals surface area contributed by atoms with Crippen molar-refractivity contribution < 1.29 is 8.91 Å². The first-order chi connectivity index (χ1) is 8.81. The van der Waals surface area contributed by atoms with E-state index < -0.39 is 0 Å². The van der Waals surface area contributed by atoms with E-state index in [1.807, 2.05) is 0 Å². The van der Waals surface area contributed by atoms with E-state index in [0.717, 1.165) is 5.52 Å². The van der Waals surface area contributed by atoms with Gasteiger partial charge in [-0.05, 0) is 18.2 Å². The number of aromatic nitrogens is 4. The van der Waals surface area contributed by atoms with Crippen molar-refractivity contribution in [2.24, 2.45) is 0 Å². The Kier molecular flexibility index (Phi) is 2.64. The minimum Gasteiger partial charge on any atom is -0.355 e. The number of imidazole rings is 1. The summed E-state index contributed by atoms with van der Waals surface area (Å²) in [6, 6.07) is 4.42. The number of aromatic amines is 1. The van der Waals surface area contributed by atoms with Gasteiger partial charge in [-0.2, -0.15) is 4.98 Å². The Labute approximate surface area is 101 Å². The van der Waals surface area contributed by atoms with Gasteiger partial charge in [-0.25, -0.2) is 9.37 Å². The van der Waals surface area contributed by atoms with E-state index in [-0.39, 0.29) is 5.82 Å². The molecule has 92 valence electrons. The van der Waals surface area contributed by atoms with Crippen LogP contribution in [-0.2, 0) is 6.42 Å². The average molecular weight is 247 g/mol. The zero-order chi connectivity index (χ0) is 12.4. The van der Waals surface area contributed by atoms with Crippen LogP contribution in [-0.4, -0.2) is 26.7 Å². The van der Waals surface area contributed by atoms with E-state index in [4.69, 9.17) is 0 Å². The molecule has 7 heteroatoms. The van der Waals surface area contributed by atoms with Crippen LogP contribution in [0, 0.1) is 5.82 Å². The highest BCUT2D eigenvalue weighted by molar-refractivity contribution is 5.77. The molecule has 0 unspecified atom stereocenters. The van der Waals surface area contributed by atoms with Crippen molar-refractivity contribution in [1.29, 1.82) is 0 Å². The third-order valence-corrected chi connectivity index (χ3v) is 2.49. The standard InChI is InChI=1S/C11H10FN5O/c12-7-1-2-8-9(5-7)16-11(15-8)13-4-3-10-14-6-18-17-10/h1-2,5-6H,3-4H2,(H2,13,15,16). The normalized spacial score (nSPS) is 10.9. The van der Waals surface area contributed by atoms with Gasteiger partial charge in [0.1, 0.15) is 5.82 Å². The van der Waals surface area contributed by atoms with Gasteiger partial charge >= 0.3 is 0 Å². The van der Waals surface area contributed by atoms with Gasteiger partial charge < -0.3 is 14.8 Å². The summed E-state index contributed by atoms with van der Waals surface area (Å²) in [6.07, 6.45) is 1.92. The molecule has 0 radical (unpaired) electrons. The Morgan fingerprint density at radius 3 is 3.17 bits per heavy atom. The Balaban J connectivity index is 1.67. The second-order valence-electron chi connectivity index (χ2n) is 3.77. The minimum atomic E-state index is -0.288. The topological polar surface area (TPSA) is 79.6 Å². The molecule has 0 aliphatic carbocycles. The lowest BCUT2D eigenvalue weighted by atomic mass is 10.3. The van der Waals surface area contributed by atoms with Gasteiger partial charge in [-0.3, -0.25) is 0 Å². The zero-order valence-electron chi connectivity index (χ0n) is 9.35. The van der Waals surface area contributed by atoms with Crippen molar-refractivity contribution in [3.63, 3.8) is 0 Å². The number of rotatable bonds is 4. The lowest BCUT2D eigenvalue weighted by Gasteiger charge is -1.98. The maximum absolute atomic E-state index is 13.0. The van der Waals surface area contributed by atoms with Gasteiger partial charge in [-0.1, -0.05) is 5.16 Å². The Hall–Kier alpha value is -2.44. The molecule has 1 aromatic carbocycles. The highest BCUT2D eigenvalue weighted by Crippen LogP contribution is 2.15. The number of fused-ring (bicyclic) bond motifs is 1. The Morgan fingerprint density at radius 1 is 1.39 bits per heavy atom. The van der Waals surface area contributed by atoms with Gasteiger partial charge in [0, 0.05) is 13.0 Å². The number of halogens is 1. The number of H-pyrrole nitrogens is 1. The van der Waals surface area contributed by atoms with Crippen LogP contribution in [0.15, 0.2) is 29.1 Å². The summed E-state index contributed by atoms with van der Waals surface area (Å²) in [5.41, 5.74) is 1.38. The van der Waals surface area contributed by atoms with Gasteiger partial charge in [0.05, 0.1) is 11.0 Å². The summed E-state index contributed by atoms with van der Waals surface area (Å²) < 4.78 is 17.6. The molecule has 0 saturated heterocycles. The van der Waals surface area contributed by atoms with Crippen LogP contribution in [0.5, 0.6) is 0 Å². The van der Waals surface area contributed by atoms with Gasteiger partial charge in [-0.15, -0.1) is 0 Å². The zero-order valence-corrected chi connectivity index (χ0v) is 9.35. The van der Waals surface area contributed by atoms with Gasteiger partial charge in [0.15, 0.2) is 5.82 Å². The van der Waals surface area contributed by atoms with Crippen molar-refractivity contribution in [1.82, 2.24) is 20.1 Å². The first-order valence-corrected chi connectivity index (χ1v) is 5.46. The van der Waals surface area contributed by atoms with Crippen LogP contribution >= 0.6 is 0 Å². The van der Waals surface area contributed by atoms with Crippen molar-refractivity contribution >= 4 is 17.0 Å². The molecule has 0 atom stereocenters. The molecule has 3 aromatic rings. The number of nitrogens with zero attached hydrogens (tertiary/aromatic N) is 3. The monoisotopic (exact) mass is 247 g/mol. The van der Waals surface area contributed by atoms with E-state index in [2.05, 4.69) is 29.9 Å². The molecule has 0 saturated carbocycles. The number of hydrogen-bond acceptors (Lipinski definition) is 5. The Morgan fingerprint density at radius 2 is 2.33 bits per heavy atom. The molecule has 6 nitrogen and oxygen atoms in total. The SMILES string of the molecule is Fc1ccc2nc(NCCc3ncon3)[nH]c2c1. The van der Waals surface area contributed by atoms with Crippen molar-refractivity contribution in [2.75, 3.05) is 11.9 Å². The first-order valence-electron chi connectivity index (χ1n) is 5.46. The van der Waals surface area contributed by atoms with E-state index in [9.17, 15) is 4.39 Å². The lowest BCUT2D eigenvalue weighted by molar-refractivity contribution is 0.410. The number of nitrogens with one attached hydrogen (secondary N) is 2. The van der Waals surface area contributed by atoms with E-state index in [1.165, 1.54) is 18.5 Å². The average Bonchev–Trinajstić information content (AvgIpc) is 2.97. The lowest BCUT2D eigenvalue weighted by Crippen LogP contribution is -2.06. The fourth-order valence-electron chi connectivity index (χ4n) is 1.66. The van der Waals surface area contributed by atoms with E-state index >= 15 is 0 Å². The van der Waals surface area contributed by atoms with Gasteiger partial charge in [0.25, 0.3) is 0 Å². The summed E-state index contributed by atoms with van der Waals surface area (Å²) in [6.45, 7) is 0.613. The summed E-state index contributed by atoms with van der Waals surface area (Å²) in [4.78, 5) is 11.2. The highest BCUT2D eigenvalue weighted by atomic mass is 19.1. The van der Waals surface area contributed by atoms with Crippen LogP contribution in [0.3, 0.4) is 0 Å². The molecule has 0 spiro atoms. The molecule has 0 fully saturated rings. The Bertz CT molecular complexity index is 649. The van der Waals surface area contributed by atoms with Crippen LogP contribution in [0.2, 0.25) is 0 Å². The molecule has 18 heavy (non-hydrogen) atoms. The summed E-state index contributed by atoms with van der Waals surface area (Å²) in [5, 5.41) is 6.78. The largest absolute Gasteiger partial charge is 0.355 e. The molecule has 0 aliphatic heterocycles. The summed E-state index contributed by atoms with van der Waals surface area (Å²) in [7, 11) is 0. The number of anilines is 1. The molecule has 2 heterocycles. The van der Waals surface area contributed by atoms with Crippen LogP contribution in [0.4, 0.5) is 10.3 Å².